The lowest BCUT2D eigenvalue weighted by Crippen LogP contribution is -2.45. The van der Waals surface area contributed by atoms with E-state index < -0.39 is 27.8 Å². The van der Waals surface area contributed by atoms with Gasteiger partial charge in [0.05, 0.1) is 11.9 Å². The van der Waals surface area contributed by atoms with E-state index >= 15 is 0 Å². The van der Waals surface area contributed by atoms with Crippen molar-refractivity contribution in [2.75, 3.05) is 15.9 Å². The summed E-state index contributed by atoms with van der Waals surface area (Å²) in [5.74, 6) is -1.18. The molecule has 0 spiro atoms. The van der Waals surface area contributed by atoms with Crippen molar-refractivity contribution in [3.63, 3.8) is 0 Å². The minimum absolute atomic E-state index is 0.0727. The first-order valence-corrected chi connectivity index (χ1v) is 11.2. The van der Waals surface area contributed by atoms with E-state index in [4.69, 9.17) is 0 Å². The summed E-state index contributed by atoms with van der Waals surface area (Å²) in [6.45, 7) is 5.44. The van der Waals surface area contributed by atoms with Gasteiger partial charge in [-0.15, -0.1) is 10.2 Å². The van der Waals surface area contributed by atoms with Gasteiger partial charge in [0, 0.05) is 5.25 Å². The van der Waals surface area contributed by atoms with Crippen LogP contribution in [0.4, 0.5) is 15.2 Å². The largest absolute Gasteiger partial charge is 0.299 e. The van der Waals surface area contributed by atoms with E-state index in [2.05, 4.69) is 15.5 Å². The molecule has 0 unspecified atom stereocenters. The van der Waals surface area contributed by atoms with Crippen molar-refractivity contribution < 1.29 is 17.6 Å². The molecule has 11 heteroatoms. The highest BCUT2D eigenvalue weighted by molar-refractivity contribution is 8.01. The number of halogens is 1. The summed E-state index contributed by atoms with van der Waals surface area (Å²) in [5.41, 5.74) is 0.0727. The number of carbonyl (C=O) groups excluding carboxylic acids is 1. The Kier molecular flexibility index (Phi) is 6.58. The summed E-state index contributed by atoms with van der Waals surface area (Å²) >= 11 is 2.71. The zero-order valence-corrected chi connectivity index (χ0v) is 17.1. The monoisotopic (exact) mass is 418 g/mol. The van der Waals surface area contributed by atoms with Crippen molar-refractivity contribution in [1.29, 1.82) is 0 Å². The number of nitrogens with zero attached hydrogens (tertiary/aromatic N) is 3. The third kappa shape index (κ3) is 5.39. The molecule has 0 saturated carbocycles. The van der Waals surface area contributed by atoms with Crippen LogP contribution < -0.4 is 9.62 Å². The Morgan fingerprint density at radius 3 is 2.58 bits per heavy atom. The molecule has 0 aliphatic rings. The average Bonchev–Trinajstić information content (AvgIpc) is 2.92. The smallest absolute Gasteiger partial charge is 0.249 e. The standard InChI is InChI=1S/C15H19FN4O3S3/c1-9(2)24-15-19-18-14(25-15)17-13(21)10(3)20(26(4,22)23)12-7-5-6-11(16)8-12/h5-10H,1-4H3,(H,17,18,21)/t10-/m1/s1. The van der Waals surface area contributed by atoms with Crippen molar-refractivity contribution in [2.24, 2.45) is 0 Å². The van der Waals surface area contributed by atoms with Crippen LogP contribution in [0.5, 0.6) is 0 Å². The number of amides is 1. The van der Waals surface area contributed by atoms with E-state index in [1.807, 2.05) is 13.8 Å². The first kappa shape index (κ1) is 20.6. The fourth-order valence-corrected chi connectivity index (χ4v) is 5.29. The molecule has 2 aromatic rings. The van der Waals surface area contributed by atoms with Gasteiger partial charge >= 0.3 is 0 Å². The van der Waals surface area contributed by atoms with Crippen molar-refractivity contribution in [3.8, 4) is 0 Å². The first-order chi connectivity index (χ1) is 12.1. The fourth-order valence-electron chi connectivity index (χ4n) is 2.14. The SMILES string of the molecule is CC(C)Sc1nnc(NC(=O)[C@@H](C)N(c2cccc(F)c2)S(C)(=O)=O)s1. The number of aromatic nitrogens is 2. The molecular formula is C15H19FN4O3S3. The fraction of sp³-hybridized carbons (Fsp3) is 0.400. The van der Waals surface area contributed by atoms with Gasteiger partial charge in [0.25, 0.3) is 0 Å². The quantitative estimate of drug-likeness (QED) is 0.549. The predicted molar refractivity (Wildman–Crippen MR) is 103 cm³/mol. The molecule has 7 nitrogen and oxygen atoms in total. The molecule has 0 aliphatic heterocycles. The molecule has 0 fully saturated rings. The van der Waals surface area contributed by atoms with E-state index in [1.54, 1.807) is 0 Å². The Balaban J connectivity index is 2.21. The average molecular weight is 419 g/mol. The molecule has 2 rings (SSSR count). The Labute approximate surface area is 160 Å². The lowest BCUT2D eigenvalue weighted by Gasteiger charge is -2.27. The van der Waals surface area contributed by atoms with Crippen molar-refractivity contribution >= 4 is 49.8 Å². The van der Waals surface area contributed by atoms with E-state index in [-0.39, 0.29) is 10.8 Å². The van der Waals surface area contributed by atoms with Gasteiger partial charge in [-0.05, 0) is 25.1 Å². The van der Waals surface area contributed by atoms with Crippen molar-refractivity contribution in [2.45, 2.75) is 36.4 Å². The van der Waals surface area contributed by atoms with Crippen molar-refractivity contribution in [3.05, 3.63) is 30.1 Å². The second-order valence-corrected chi connectivity index (χ2v) is 10.4. The van der Waals surface area contributed by atoms with Crippen LogP contribution in [0.1, 0.15) is 20.8 Å². The maximum Gasteiger partial charge on any atom is 0.249 e. The second-order valence-electron chi connectivity index (χ2n) is 5.74. The van der Waals surface area contributed by atoms with Gasteiger partial charge in [-0.25, -0.2) is 12.8 Å². The van der Waals surface area contributed by atoms with Crippen LogP contribution in [-0.4, -0.2) is 42.1 Å². The molecular weight excluding hydrogens is 399 g/mol. The van der Waals surface area contributed by atoms with Crippen LogP contribution in [-0.2, 0) is 14.8 Å². The van der Waals surface area contributed by atoms with Gasteiger partial charge in [0.1, 0.15) is 11.9 Å². The number of sulfonamides is 1. The van der Waals surface area contributed by atoms with Gasteiger partial charge in [-0.2, -0.15) is 0 Å². The number of thioether (sulfide) groups is 1. The summed E-state index contributed by atoms with van der Waals surface area (Å²) in [6.07, 6.45) is 0.962. The van der Waals surface area contributed by atoms with Gasteiger partial charge < -0.3 is 0 Å². The molecule has 1 aromatic carbocycles. The van der Waals surface area contributed by atoms with E-state index in [0.29, 0.717) is 9.59 Å². The van der Waals surface area contributed by atoms with Gasteiger partial charge in [-0.1, -0.05) is 43.0 Å². The number of nitrogens with one attached hydrogen (secondary N) is 1. The van der Waals surface area contributed by atoms with Crippen LogP contribution >= 0.6 is 23.1 Å². The molecule has 142 valence electrons. The molecule has 26 heavy (non-hydrogen) atoms. The van der Waals surface area contributed by atoms with Crippen LogP contribution in [0, 0.1) is 5.82 Å². The van der Waals surface area contributed by atoms with Gasteiger partial charge in [0.2, 0.25) is 21.1 Å². The third-order valence-corrected chi connectivity index (χ3v) is 6.29. The number of rotatable bonds is 7. The lowest BCUT2D eigenvalue weighted by molar-refractivity contribution is -0.116. The summed E-state index contributed by atoms with van der Waals surface area (Å²) < 4.78 is 39.4. The molecule has 1 atom stereocenters. The summed E-state index contributed by atoms with van der Waals surface area (Å²) in [4.78, 5) is 12.5. The maximum absolute atomic E-state index is 13.5. The normalized spacial score (nSPS) is 12.8. The van der Waals surface area contributed by atoms with Crippen LogP contribution in [0.25, 0.3) is 0 Å². The zero-order valence-electron chi connectivity index (χ0n) is 14.6. The Bertz CT molecular complexity index is 886. The summed E-state index contributed by atoms with van der Waals surface area (Å²) in [6, 6.07) is 3.97. The second kappa shape index (κ2) is 8.31. The van der Waals surface area contributed by atoms with Gasteiger partial charge in [0.15, 0.2) is 4.34 Å². The Morgan fingerprint density at radius 2 is 2.00 bits per heavy atom. The summed E-state index contributed by atoms with van der Waals surface area (Å²) in [7, 11) is -3.81. The molecule has 0 aliphatic carbocycles. The molecule has 0 radical (unpaired) electrons. The molecule has 1 amide bonds. The highest BCUT2D eigenvalue weighted by Gasteiger charge is 2.30. The van der Waals surface area contributed by atoms with E-state index in [1.165, 1.54) is 48.2 Å². The topological polar surface area (TPSA) is 92.3 Å². The number of anilines is 2. The molecule has 1 N–H and O–H groups in total. The van der Waals surface area contributed by atoms with Crippen LogP contribution in [0.3, 0.4) is 0 Å². The predicted octanol–water partition coefficient (Wildman–Crippen LogP) is 2.97. The van der Waals surface area contributed by atoms with E-state index in [9.17, 15) is 17.6 Å². The molecule has 1 aromatic heterocycles. The number of carbonyl (C=O) groups is 1. The molecule has 1 heterocycles. The molecule has 0 bridgehead atoms. The minimum Gasteiger partial charge on any atom is -0.299 e. The number of benzene rings is 1. The first-order valence-electron chi connectivity index (χ1n) is 7.64. The van der Waals surface area contributed by atoms with Crippen LogP contribution in [0.2, 0.25) is 0 Å². The zero-order chi connectivity index (χ0) is 19.5. The number of hydrogen-bond acceptors (Lipinski definition) is 7. The van der Waals surface area contributed by atoms with Crippen LogP contribution in [0.15, 0.2) is 28.6 Å². The Hall–Kier alpha value is -1.72. The summed E-state index contributed by atoms with van der Waals surface area (Å²) in [5, 5.41) is 11.0. The third-order valence-electron chi connectivity index (χ3n) is 3.12. The Morgan fingerprint density at radius 1 is 1.31 bits per heavy atom. The lowest BCUT2D eigenvalue weighted by atomic mass is 10.2. The van der Waals surface area contributed by atoms with E-state index in [0.717, 1.165) is 16.6 Å². The minimum atomic E-state index is -3.81. The highest BCUT2D eigenvalue weighted by atomic mass is 32.2. The van der Waals surface area contributed by atoms with Gasteiger partial charge in [-0.3, -0.25) is 14.4 Å². The highest BCUT2D eigenvalue weighted by Crippen LogP contribution is 2.29. The molecule has 0 saturated heterocycles. The van der Waals surface area contributed by atoms with Crippen molar-refractivity contribution in [1.82, 2.24) is 10.2 Å². The number of hydrogen-bond donors (Lipinski definition) is 1. The maximum atomic E-state index is 13.5.